The number of benzene rings is 2. The number of Topliss-reactive ketones (excluding diaryl/α,β-unsaturated/α-hetero) is 1. The summed E-state index contributed by atoms with van der Waals surface area (Å²) in [5.74, 6) is -0.128. The molecule has 0 saturated heterocycles. The number of hydrogen-bond donors (Lipinski definition) is 1. The number of halogens is 1. The van der Waals surface area contributed by atoms with Crippen LogP contribution < -0.4 is 5.32 Å². The van der Waals surface area contributed by atoms with E-state index < -0.39 is 0 Å². The van der Waals surface area contributed by atoms with Crippen LogP contribution in [0.25, 0.3) is 0 Å². The van der Waals surface area contributed by atoms with Crippen molar-refractivity contribution in [1.29, 1.82) is 0 Å². The van der Waals surface area contributed by atoms with Gasteiger partial charge in [-0.2, -0.15) is 0 Å². The molecule has 116 valence electrons. The van der Waals surface area contributed by atoms with E-state index in [1.54, 1.807) is 12.1 Å². The van der Waals surface area contributed by atoms with E-state index in [0.717, 1.165) is 23.1 Å². The first-order chi connectivity index (χ1) is 10.5. The largest absolute Gasteiger partial charge is 0.307 e. The van der Waals surface area contributed by atoms with Crippen molar-refractivity contribution < 1.29 is 9.18 Å². The summed E-state index contributed by atoms with van der Waals surface area (Å²) in [6.07, 6.45) is 0.769. The predicted molar refractivity (Wildman–Crippen MR) is 87.8 cm³/mol. The standard InChI is InChI=1S/C19H22FNO/c1-13-4-7-17(12-14(13)2)19(22)15(3)21-11-10-16-5-8-18(20)9-6-16/h4-9,12,15,21H,10-11H2,1-3H3. The number of ketones is 1. The molecule has 0 spiro atoms. The van der Waals surface area contributed by atoms with Crippen LogP contribution >= 0.6 is 0 Å². The van der Waals surface area contributed by atoms with E-state index in [9.17, 15) is 9.18 Å². The minimum Gasteiger partial charge on any atom is -0.307 e. The van der Waals surface area contributed by atoms with Gasteiger partial charge in [-0.25, -0.2) is 4.39 Å². The average molecular weight is 299 g/mol. The monoisotopic (exact) mass is 299 g/mol. The minimum atomic E-state index is -0.234. The van der Waals surface area contributed by atoms with E-state index in [0.29, 0.717) is 6.54 Å². The summed E-state index contributed by atoms with van der Waals surface area (Å²) in [7, 11) is 0. The lowest BCUT2D eigenvalue weighted by Gasteiger charge is -2.14. The first kappa shape index (κ1) is 16.4. The second kappa shape index (κ2) is 7.32. The Balaban J connectivity index is 1.88. The van der Waals surface area contributed by atoms with Crippen LogP contribution in [-0.4, -0.2) is 18.4 Å². The Morgan fingerprint density at radius 1 is 1.09 bits per heavy atom. The second-order valence-corrected chi connectivity index (χ2v) is 5.72. The first-order valence-electron chi connectivity index (χ1n) is 7.56. The molecule has 0 radical (unpaired) electrons. The molecule has 0 aromatic heterocycles. The van der Waals surface area contributed by atoms with Gasteiger partial charge in [0.1, 0.15) is 5.82 Å². The lowest BCUT2D eigenvalue weighted by molar-refractivity contribution is 0.0951. The third-order valence-corrected chi connectivity index (χ3v) is 3.96. The van der Waals surface area contributed by atoms with Gasteiger partial charge in [-0.3, -0.25) is 4.79 Å². The smallest absolute Gasteiger partial charge is 0.179 e. The molecule has 0 aliphatic carbocycles. The molecular weight excluding hydrogens is 277 g/mol. The maximum Gasteiger partial charge on any atom is 0.179 e. The average Bonchev–Trinajstić information content (AvgIpc) is 2.51. The molecule has 1 unspecified atom stereocenters. The van der Waals surface area contributed by atoms with Gasteiger partial charge < -0.3 is 5.32 Å². The summed E-state index contributed by atoms with van der Waals surface area (Å²) in [6, 6.07) is 12.0. The molecule has 2 nitrogen and oxygen atoms in total. The van der Waals surface area contributed by atoms with Gasteiger partial charge in [0, 0.05) is 5.56 Å². The molecule has 2 aromatic rings. The van der Waals surface area contributed by atoms with Gasteiger partial charge in [-0.15, -0.1) is 0 Å². The molecule has 3 heteroatoms. The predicted octanol–water partition coefficient (Wildman–Crippen LogP) is 3.85. The summed E-state index contributed by atoms with van der Waals surface area (Å²) in [4.78, 5) is 12.4. The lowest BCUT2D eigenvalue weighted by atomic mass is 10.0. The van der Waals surface area contributed by atoms with E-state index in [2.05, 4.69) is 5.32 Å². The van der Waals surface area contributed by atoms with Gasteiger partial charge in [-0.1, -0.05) is 24.3 Å². The fourth-order valence-corrected chi connectivity index (χ4v) is 2.32. The van der Waals surface area contributed by atoms with Crippen LogP contribution in [0.15, 0.2) is 42.5 Å². The van der Waals surface area contributed by atoms with Gasteiger partial charge in [0.2, 0.25) is 0 Å². The lowest BCUT2D eigenvalue weighted by Crippen LogP contribution is -2.35. The highest BCUT2D eigenvalue weighted by atomic mass is 19.1. The van der Waals surface area contributed by atoms with E-state index >= 15 is 0 Å². The third kappa shape index (κ3) is 4.25. The summed E-state index contributed by atoms with van der Waals surface area (Å²) in [5, 5.41) is 3.23. The molecule has 0 fully saturated rings. The molecule has 0 aliphatic heterocycles. The van der Waals surface area contributed by atoms with Crippen LogP contribution in [0.2, 0.25) is 0 Å². The summed E-state index contributed by atoms with van der Waals surface area (Å²) >= 11 is 0. The minimum absolute atomic E-state index is 0.0993. The Morgan fingerprint density at radius 3 is 2.41 bits per heavy atom. The zero-order valence-corrected chi connectivity index (χ0v) is 13.3. The van der Waals surface area contributed by atoms with Crippen LogP contribution in [-0.2, 0) is 6.42 Å². The summed E-state index contributed by atoms with van der Waals surface area (Å²) < 4.78 is 12.8. The zero-order chi connectivity index (χ0) is 16.1. The van der Waals surface area contributed by atoms with Gasteiger partial charge in [0.15, 0.2) is 5.78 Å². The molecule has 2 aromatic carbocycles. The maximum atomic E-state index is 12.8. The Kier molecular flexibility index (Phi) is 5.45. The fraction of sp³-hybridized carbons (Fsp3) is 0.316. The Morgan fingerprint density at radius 2 is 1.77 bits per heavy atom. The molecule has 22 heavy (non-hydrogen) atoms. The highest BCUT2D eigenvalue weighted by Crippen LogP contribution is 2.12. The Labute approximate surface area is 131 Å². The van der Waals surface area contributed by atoms with Crippen molar-refractivity contribution in [3.05, 3.63) is 70.5 Å². The van der Waals surface area contributed by atoms with Crippen molar-refractivity contribution >= 4 is 5.78 Å². The van der Waals surface area contributed by atoms with E-state index in [1.165, 1.54) is 17.7 Å². The van der Waals surface area contributed by atoms with Crippen LogP contribution in [0.4, 0.5) is 4.39 Å². The fourth-order valence-electron chi connectivity index (χ4n) is 2.32. The number of hydrogen-bond acceptors (Lipinski definition) is 2. The van der Waals surface area contributed by atoms with Crippen molar-refractivity contribution in [2.45, 2.75) is 33.2 Å². The van der Waals surface area contributed by atoms with Crippen LogP contribution in [0.5, 0.6) is 0 Å². The normalized spacial score (nSPS) is 12.2. The van der Waals surface area contributed by atoms with Crippen LogP contribution in [0.1, 0.15) is 34.0 Å². The maximum absolute atomic E-state index is 12.8. The summed E-state index contributed by atoms with van der Waals surface area (Å²) in [5.41, 5.74) is 4.11. The topological polar surface area (TPSA) is 29.1 Å². The van der Waals surface area contributed by atoms with Crippen molar-refractivity contribution in [3.63, 3.8) is 0 Å². The number of rotatable bonds is 6. The van der Waals surface area contributed by atoms with E-state index in [-0.39, 0.29) is 17.6 Å². The van der Waals surface area contributed by atoms with Gasteiger partial charge in [0.05, 0.1) is 6.04 Å². The molecule has 0 amide bonds. The third-order valence-electron chi connectivity index (χ3n) is 3.96. The zero-order valence-electron chi connectivity index (χ0n) is 13.3. The Hall–Kier alpha value is -2.00. The number of nitrogens with one attached hydrogen (secondary N) is 1. The highest BCUT2D eigenvalue weighted by molar-refractivity contribution is 6.00. The van der Waals surface area contributed by atoms with E-state index in [4.69, 9.17) is 0 Å². The van der Waals surface area contributed by atoms with Gasteiger partial charge >= 0.3 is 0 Å². The summed E-state index contributed by atoms with van der Waals surface area (Å²) in [6.45, 7) is 6.61. The molecule has 0 saturated carbocycles. The van der Waals surface area contributed by atoms with Crippen molar-refractivity contribution in [2.24, 2.45) is 0 Å². The molecule has 0 bridgehead atoms. The van der Waals surface area contributed by atoms with Crippen molar-refractivity contribution in [3.8, 4) is 0 Å². The molecule has 0 aliphatic rings. The highest BCUT2D eigenvalue weighted by Gasteiger charge is 2.14. The molecule has 2 rings (SSSR count). The van der Waals surface area contributed by atoms with Crippen LogP contribution in [0, 0.1) is 19.7 Å². The van der Waals surface area contributed by atoms with Gasteiger partial charge in [-0.05, 0) is 68.6 Å². The number of aryl methyl sites for hydroxylation is 2. The second-order valence-electron chi connectivity index (χ2n) is 5.72. The van der Waals surface area contributed by atoms with Gasteiger partial charge in [0.25, 0.3) is 0 Å². The first-order valence-corrected chi connectivity index (χ1v) is 7.56. The molecule has 1 N–H and O–H groups in total. The SMILES string of the molecule is Cc1ccc(C(=O)C(C)NCCc2ccc(F)cc2)cc1C. The Bertz CT molecular complexity index is 649. The molecule has 0 heterocycles. The van der Waals surface area contributed by atoms with Crippen molar-refractivity contribution in [1.82, 2.24) is 5.32 Å². The number of carbonyl (C=O) groups is 1. The van der Waals surface area contributed by atoms with E-state index in [1.807, 2.05) is 39.0 Å². The molecular formula is C19H22FNO. The van der Waals surface area contributed by atoms with Crippen LogP contribution in [0.3, 0.4) is 0 Å². The quantitative estimate of drug-likeness (QED) is 0.821. The number of carbonyl (C=O) groups excluding carboxylic acids is 1. The molecule has 1 atom stereocenters. The van der Waals surface area contributed by atoms with Crippen molar-refractivity contribution in [2.75, 3.05) is 6.54 Å².